The van der Waals surface area contributed by atoms with Crippen molar-refractivity contribution >= 4 is 17.6 Å². The van der Waals surface area contributed by atoms with E-state index in [1.54, 1.807) is 24.3 Å². The van der Waals surface area contributed by atoms with Gasteiger partial charge in [0.2, 0.25) is 11.6 Å². The van der Waals surface area contributed by atoms with Gasteiger partial charge in [0.25, 0.3) is 5.89 Å². The SMILES string of the molecule is Cc1ccc(-c2nnn(CC(=O)OCc3noc(-c4ccccc4Cl)n3)n2)cc1. The third-order valence-corrected chi connectivity index (χ3v) is 4.30. The van der Waals surface area contributed by atoms with E-state index >= 15 is 0 Å². The lowest BCUT2D eigenvalue weighted by atomic mass is 10.1. The molecule has 0 fully saturated rings. The molecule has 0 aliphatic carbocycles. The fourth-order valence-corrected chi connectivity index (χ4v) is 2.71. The first kappa shape index (κ1) is 18.8. The molecule has 0 aliphatic heterocycles. The molecule has 0 bridgehead atoms. The number of hydrogen-bond donors (Lipinski definition) is 0. The Morgan fingerprint density at radius 3 is 2.76 bits per heavy atom. The van der Waals surface area contributed by atoms with E-state index in [9.17, 15) is 4.79 Å². The summed E-state index contributed by atoms with van der Waals surface area (Å²) in [6, 6.07) is 14.8. The molecule has 2 heterocycles. The van der Waals surface area contributed by atoms with Crippen molar-refractivity contribution in [3.05, 3.63) is 64.9 Å². The quantitative estimate of drug-likeness (QED) is 0.446. The van der Waals surface area contributed by atoms with Crippen molar-refractivity contribution in [3.63, 3.8) is 0 Å². The Bertz CT molecular complexity index is 1140. The number of aryl methyl sites for hydroxylation is 1. The standard InChI is InChI=1S/C19H15ClN6O3/c1-12-6-8-13(9-7-12)18-22-25-26(23-18)10-17(27)28-11-16-21-19(29-24-16)14-4-2-3-5-15(14)20/h2-9H,10-11H2,1H3. The average molecular weight is 411 g/mol. The van der Waals surface area contributed by atoms with Gasteiger partial charge in [-0.25, -0.2) is 4.79 Å². The van der Waals surface area contributed by atoms with Gasteiger partial charge in [0, 0.05) is 5.56 Å². The van der Waals surface area contributed by atoms with E-state index in [0.717, 1.165) is 11.1 Å². The molecule has 2 aromatic carbocycles. The normalized spacial score (nSPS) is 10.8. The summed E-state index contributed by atoms with van der Waals surface area (Å²) in [6.45, 7) is 1.66. The van der Waals surface area contributed by atoms with Gasteiger partial charge in [0.05, 0.1) is 10.6 Å². The molecule has 4 rings (SSSR count). The largest absolute Gasteiger partial charge is 0.456 e. The van der Waals surface area contributed by atoms with Crippen LogP contribution in [0, 0.1) is 6.92 Å². The van der Waals surface area contributed by atoms with Crippen LogP contribution in [0.5, 0.6) is 0 Å². The van der Waals surface area contributed by atoms with Crippen LogP contribution in [-0.4, -0.2) is 36.3 Å². The van der Waals surface area contributed by atoms with Gasteiger partial charge in [0.1, 0.15) is 0 Å². The van der Waals surface area contributed by atoms with Crippen LogP contribution in [-0.2, 0) is 22.7 Å². The molecule has 0 aliphatic rings. The van der Waals surface area contributed by atoms with Crippen LogP contribution in [0.25, 0.3) is 22.8 Å². The molecule has 0 spiro atoms. The van der Waals surface area contributed by atoms with E-state index in [-0.39, 0.29) is 24.9 Å². The molecule has 10 heteroatoms. The number of rotatable bonds is 6. The highest BCUT2D eigenvalue weighted by Gasteiger charge is 2.14. The van der Waals surface area contributed by atoms with Crippen molar-refractivity contribution < 1.29 is 14.1 Å². The van der Waals surface area contributed by atoms with Crippen molar-refractivity contribution in [2.75, 3.05) is 0 Å². The first-order valence-electron chi connectivity index (χ1n) is 8.66. The van der Waals surface area contributed by atoms with Gasteiger partial charge in [-0.2, -0.15) is 9.78 Å². The Morgan fingerprint density at radius 2 is 1.97 bits per heavy atom. The number of esters is 1. The summed E-state index contributed by atoms with van der Waals surface area (Å²) in [4.78, 5) is 17.4. The maximum Gasteiger partial charge on any atom is 0.330 e. The van der Waals surface area contributed by atoms with Crippen LogP contribution >= 0.6 is 11.6 Å². The molecule has 0 radical (unpaired) electrons. The highest BCUT2D eigenvalue weighted by Crippen LogP contribution is 2.25. The molecule has 0 atom stereocenters. The number of carbonyl (C=O) groups excluding carboxylic acids is 1. The lowest BCUT2D eigenvalue weighted by molar-refractivity contribution is -0.146. The predicted molar refractivity (Wildman–Crippen MR) is 103 cm³/mol. The summed E-state index contributed by atoms with van der Waals surface area (Å²) in [6.07, 6.45) is 0. The number of carbonyl (C=O) groups is 1. The minimum Gasteiger partial charge on any atom is -0.456 e. The zero-order valence-electron chi connectivity index (χ0n) is 15.3. The van der Waals surface area contributed by atoms with E-state index in [0.29, 0.717) is 16.4 Å². The number of tetrazole rings is 1. The number of aromatic nitrogens is 6. The number of benzene rings is 2. The lowest BCUT2D eigenvalue weighted by Gasteiger charge is -2.00. The van der Waals surface area contributed by atoms with Crippen LogP contribution < -0.4 is 0 Å². The maximum atomic E-state index is 12.0. The van der Waals surface area contributed by atoms with Crippen molar-refractivity contribution in [3.8, 4) is 22.8 Å². The summed E-state index contributed by atoms with van der Waals surface area (Å²) in [7, 11) is 0. The van der Waals surface area contributed by atoms with Crippen LogP contribution in [0.4, 0.5) is 0 Å². The summed E-state index contributed by atoms with van der Waals surface area (Å²) in [5.74, 6) is 0.352. The summed E-state index contributed by atoms with van der Waals surface area (Å²) >= 11 is 6.10. The zero-order valence-corrected chi connectivity index (χ0v) is 16.1. The van der Waals surface area contributed by atoms with Crippen LogP contribution in [0.1, 0.15) is 11.4 Å². The summed E-state index contributed by atoms with van der Waals surface area (Å²) in [5, 5.41) is 16.3. The van der Waals surface area contributed by atoms with Gasteiger partial charge >= 0.3 is 5.97 Å². The first-order chi connectivity index (χ1) is 14.1. The molecular formula is C19H15ClN6O3. The fraction of sp³-hybridized carbons (Fsp3) is 0.158. The Labute approximate surface area is 170 Å². The third-order valence-electron chi connectivity index (χ3n) is 3.97. The van der Waals surface area contributed by atoms with Gasteiger partial charge in [-0.15, -0.1) is 10.2 Å². The van der Waals surface area contributed by atoms with Gasteiger partial charge in [-0.1, -0.05) is 58.7 Å². The fourth-order valence-electron chi connectivity index (χ4n) is 2.49. The monoisotopic (exact) mass is 410 g/mol. The van der Waals surface area contributed by atoms with Crippen molar-refractivity contribution in [1.29, 1.82) is 0 Å². The Hall–Kier alpha value is -3.59. The highest BCUT2D eigenvalue weighted by atomic mass is 35.5. The third kappa shape index (κ3) is 4.46. The summed E-state index contributed by atoms with van der Waals surface area (Å²) < 4.78 is 10.3. The van der Waals surface area contributed by atoms with Crippen LogP contribution in [0.3, 0.4) is 0 Å². The Morgan fingerprint density at radius 1 is 1.17 bits per heavy atom. The Kier molecular flexibility index (Phi) is 5.30. The lowest BCUT2D eigenvalue weighted by Crippen LogP contribution is -2.16. The van der Waals surface area contributed by atoms with Gasteiger partial charge in [-0.3, -0.25) is 0 Å². The van der Waals surface area contributed by atoms with Crippen LogP contribution in [0.15, 0.2) is 53.1 Å². The topological polar surface area (TPSA) is 109 Å². The predicted octanol–water partition coefficient (Wildman–Crippen LogP) is 3.10. The molecule has 0 saturated heterocycles. The summed E-state index contributed by atoms with van der Waals surface area (Å²) in [5.41, 5.74) is 2.55. The van der Waals surface area contributed by atoms with E-state index in [4.69, 9.17) is 20.9 Å². The second-order valence-corrected chi connectivity index (χ2v) is 6.57. The molecule has 0 N–H and O–H groups in total. The smallest absolute Gasteiger partial charge is 0.330 e. The maximum absolute atomic E-state index is 12.0. The molecule has 0 saturated carbocycles. The van der Waals surface area contributed by atoms with E-state index in [1.165, 1.54) is 4.80 Å². The molecule has 2 aromatic heterocycles. The molecule has 0 amide bonds. The Balaban J connectivity index is 1.34. The second kappa shape index (κ2) is 8.19. The molecule has 146 valence electrons. The zero-order chi connectivity index (χ0) is 20.2. The average Bonchev–Trinajstić information content (AvgIpc) is 3.37. The molecule has 0 unspecified atom stereocenters. The van der Waals surface area contributed by atoms with E-state index < -0.39 is 5.97 Å². The number of halogens is 1. The van der Waals surface area contributed by atoms with E-state index in [1.807, 2.05) is 31.2 Å². The number of nitrogens with zero attached hydrogens (tertiary/aromatic N) is 6. The van der Waals surface area contributed by atoms with Gasteiger partial charge in [-0.05, 0) is 24.3 Å². The van der Waals surface area contributed by atoms with Gasteiger partial charge in [0.15, 0.2) is 13.2 Å². The second-order valence-electron chi connectivity index (χ2n) is 6.17. The molecule has 29 heavy (non-hydrogen) atoms. The highest BCUT2D eigenvalue weighted by molar-refractivity contribution is 6.33. The molecule has 4 aromatic rings. The molecular weight excluding hydrogens is 396 g/mol. The molecule has 9 nitrogen and oxygen atoms in total. The minimum atomic E-state index is -0.554. The van der Waals surface area contributed by atoms with Crippen molar-refractivity contribution in [2.45, 2.75) is 20.1 Å². The van der Waals surface area contributed by atoms with Crippen molar-refractivity contribution in [1.82, 2.24) is 30.3 Å². The minimum absolute atomic E-state index is 0.147. The van der Waals surface area contributed by atoms with E-state index in [2.05, 4.69) is 25.6 Å². The number of hydrogen-bond acceptors (Lipinski definition) is 8. The van der Waals surface area contributed by atoms with Crippen LogP contribution in [0.2, 0.25) is 5.02 Å². The first-order valence-corrected chi connectivity index (χ1v) is 9.04. The van der Waals surface area contributed by atoms with Crippen molar-refractivity contribution in [2.24, 2.45) is 0 Å². The number of ether oxygens (including phenoxy) is 1. The van der Waals surface area contributed by atoms with Gasteiger partial charge < -0.3 is 9.26 Å².